The number of carbonyl (C=O) groups excluding carboxylic acids is 1. The van der Waals surface area contributed by atoms with Gasteiger partial charge in [-0.05, 0) is 62.7 Å². The predicted molar refractivity (Wildman–Crippen MR) is 98.1 cm³/mol. The predicted octanol–water partition coefficient (Wildman–Crippen LogP) is 2.83. The third-order valence-electron chi connectivity index (χ3n) is 3.77. The van der Waals surface area contributed by atoms with Crippen LogP contribution in [-0.2, 0) is 9.53 Å². The largest absolute Gasteiger partial charge is 0.382 e. The van der Waals surface area contributed by atoms with E-state index >= 15 is 0 Å². The van der Waals surface area contributed by atoms with Crippen LogP contribution in [0.4, 0.5) is 11.4 Å². The van der Waals surface area contributed by atoms with E-state index in [4.69, 9.17) is 17.0 Å². The fraction of sp³-hybridized carbons (Fsp3) is 0.529. The molecule has 0 spiro atoms. The standard InChI is InChI=1S/C17H25N3O2S/c1-3-22-11-5-9-18-17(23)19-14-7-8-15(13(2)12-14)20-10-4-6-16(20)21/h7-8,12H,3-6,9-11H2,1-2H3,(H2,18,19,23). The zero-order chi connectivity index (χ0) is 16.7. The van der Waals surface area contributed by atoms with Crippen LogP contribution in [0.15, 0.2) is 18.2 Å². The number of nitrogens with one attached hydrogen (secondary N) is 2. The van der Waals surface area contributed by atoms with Gasteiger partial charge in [0.05, 0.1) is 0 Å². The Morgan fingerprint density at radius 1 is 1.43 bits per heavy atom. The fourth-order valence-corrected chi connectivity index (χ4v) is 2.85. The molecule has 1 aromatic rings. The lowest BCUT2D eigenvalue weighted by Gasteiger charge is -2.19. The molecule has 0 saturated carbocycles. The average Bonchev–Trinajstić information content (AvgIpc) is 2.93. The van der Waals surface area contributed by atoms with E-state index in [0.29, 0.717) is 11.5 Å². The van der Waals surface area contributed by atoms with Crippen molar-refractivity contribution in [3.63, 3.8) is 0 Å². The number of thiocarbonyl (C=S) groups is 1. The molecule has 0 bridgehead atoms. The Labute approximate surface area is 143 Å². The van der Waals surface area contributed by atoms with Crippen molar-refractivity contribution in [1.29, 1.82) is 0 Å². The molecule has 2 N–H and O–H groups in total. The molecule has 1 fully saturated rings. The summed E-state index contributed by atoms with van der Waals surface area (Å²) in [6, 6.07) is 5.97. The van der Waals surface area contributed by atoms with Crippen molar-refractivity contribution in [3.05, 3.63) is 23.8 Å². The topological polar surface area (TPSA) is 53.6 Å². The van der Waals surface area contributed by atoms with Gasteiger partial charge in [0.1, 0.15) is 0 Å². The lowest BCUT2D eigenvalue weighted by molar-refractivity contribution is -0.117. The first-order chi connectivity index (χ1) is 11.1. The first-order valence-electron chi connectivity index (χ1n) is 8.15. The molecule has 1 heterocycles. The summed E-state index contributed by atoms with van der Waals surface area (Å²) >= 11 is 5.29. The second kappa shape index (κ2) is 8.84. The third-order valence-corrected chi connectivity index (χ3v) is 4.02. The van der Waals surface area contributed by atoms with E-state index in [1.165, 1.54) is 0 Å². The van der Waals surface area contributed by atoms with Crippen LogP contribution in [-0.4, -0.2) is 37.3 Å². The van der Waals surface area contributed by atoms with E-state index in [9.17, 15) is 4.79 Å². The molecule has 5 nitrogen and oxygen atoms in total. The zero-order valence-electron chi connectivity index (χ0n) is 13.9. The van der Waals surface area contributed by atoms with Gasteiger partial charge in [0.15, 0.2) is 5.11 Å². The maximum absolute atomic E-state index is 11.9. The summed E-state index contributed by atoms with van der Waals surface area (Å²) in [6.45, 7) is 7.08. The van der Waals surface area contributed by atoms with Crippen LogP contribution in [0.5, 0.6) is 0 Å². The highest BCUT2D eigenvalue weighted by atomic mass is 32.1. The second-order valence-electron chi connectivity index (χ2n) is 5.58. The van der Waals surface area contributed by atoms with Gasteiger partial charge in [-0.2, -0.15) is 0 Å². The Morgan fingerprint density at radius 2 is 2.26 bits per heavy atom. The molecular formula is C17H25N3O2S. The summed E-state index contributed by atoms with van der Waals surface area (Å²) in [6.07, 6.45) is 2.51. The molecule has 23 heavy (non-hydrogen) atoms. The number of carbonyl (C=O) groups is 1. The number of aryl methyl sites for hydroxylation is 1. The molecule has 126 valence electrons. The van der Waals surface area contributed by atoms with E-state index in [1.54, 1.807) is 0 Å². The number of anilines is 2. The SMILES string of the molecule is CCOCCCNC(=S)Nc1ccc(N2CCCC2=O)c(C)c1. The minimum atomic E-state index is 0.209. The summed E-state index contributed by atoms with van der Waals surface area (Å²) in [5.74, 6) is 0.209. The number of ether oxygens (including phenoxy) is 1. The Bertz CT molecular complexity index is 563. The van der Waals surface area contributed by atoms with Crippen LogP contribution in [0.1, 0.15) is 31.7 Å². The molecule has 2 rings (SSSR count). The molecule has 0 unspecified atom stereocenters. The van der Waals surface area contributed by atoms with Gasteiger partial charge in [0.2, 0.25) is 5.91 Å². The van der Waals surface area contributed by atoms with E-state index in [2.05, 4.69) is 10.6 Å². The van der Waals surface area contributed by atoms with Gasteiger partial charge in [-0.1, -0.05) is 0 Å². The Kier molecular flexibility index (Phi) is 6.80. The molecule has 1 aromatic carbocycles. The van der Waals surface area contributed by atoms with E-state index in [0.717, 1.165) is 56.1 Å². The van der Waals surface area contributed by atoms with Gasteiger partial charge in [-0.25, -0.2) is 0 Å². The van der Waals surface area contributed by atoms with Crippen molar-refractivity contribution in [2.75, 3.05) is 36.5 Å². The van der Waals surface area contributed by atoms with Crippen molar-refractivity contribution < 1.29 is 9.53 Å². The smallest absolute Gasteiger partial charge is 0.227 e. The first kappa shape index (κ1) is 17.7. The lowest BCUT2D eigenvalue weighted by Crippen LogP contribution is -2.30. The summed E-state index contributed by atoms with van der Waals surface area (Å²) in [5, 5.41) is 6.94. The van der Waals surface area contributed by atoms with E-state index < -0.39 is 0 Å². The Balaban J connectivity index is 1.85. The number of benzene rings is 1. The highest BCUT2D eigenvalue weighted by molar-refractivity contribution is 7.80. The normalized spacial score (nSPS) is 14.2. The number of hydrogen-bond donors (Lipinski definition) is 2. The fourth-order valence-electron chi connectivity index (χ4n) is 2.63. The summed E-state index contributed by atoms with van der Waals surface area (Å²) in [7, 11) is 0. The monoisotopic (exact) mass is 335 g/mol. The van der Waals surface area contributed by atoms with Gasteiger partial charge in [0, 0.05) is 44.1 Å². The maximum atomic E-state index is 11.9. The van der Waals surface area contributed by atoms with Gasteiger partial charge >= 0.3 is 0 Å². The highest BCUT2D eigenvalue weighted by Crippen LogP contribution is 2.27. The minimum Gasteiger partial charge on any atom is -0.382 e. The zero-order valence-corrected chi connectivity index (χ0v) is 14.7. The maximum Gasteiger partial charge on any atom is 0.227 e. The molecule has 6 heteroatoms. The van der Waals surface area contributed by atoms with Gasteiger partial charge < -0.3 is 20.3 Å². The van der Waals surface area contributed by atoms with E-state index in [-0.39, 0.29) is 5.91 Å². The molecule has 0 radical (unpaired) electrons. The van der Waals surface area contributed by atoms with Crippen LogP contribution in [0.25, 0.3) is 0 Å². The second-order valence-corrected chi connectivity index (χ2v) is 5.99. The van der Waals surface area contributed by atoms with Crippen LogP contribution in [0.2, 0.25) is 0 Å². The van der Waals surface area contributed by atoms with Crippen LogP contribution >= 0.6 is 12.2 Å². The molecule has 0 aliphatic carbocycles. The number of rotatable bonds is 7. The van der Waals surface area contributed by atoms with Gasteiger partial charge in [0.25, 0.3) is 0 Å². The third kappa shape index (κ3) is 5.18. The number of nitrogens with zero attached hydrogens (tertiary/aromatic N) is 1. The first-order valence-corrected chi connectivity index (χ1v) is 8.56. The van der Waals surface area contributed by atoms with Gasteiger partial charge in [-0.15, -0.1) is 0 Å². The molecule has 0 atom stereocenters. The average molecular weight is 335 g/mol. The van der Waals surface area contributed by atoms with Crippen molar-refractivity contribution >= 4 is 34.6 Å². The lowest BCUT2D eigenvalue weighted by atomic mass is 10.1. The molecule has 0 aromatic heterocycles. The van der Waals surface area contributed by atoms with E-state index in [1.807, 2.05) is 36.9 Å². The van der Waals surface area contributed by atoms with Crippen LogP contribution < -0.4 is 15.5 Å². The quantitative estimate of drug-likeness (QED) is 0.593. The number of hydrogen-bond acceptors (Lipinski definition) is 3. The highest BCUT2D eigenvalue weighted by Gasteiger charge is 2.22. The van der Waals surface area contributed by atoms with Crippen molar-refractivity contribution in [2.24, 2.45) is 0 Å². The summed E-state index contributed by atoms with van der Waals surface area (Å²) in [4.78, 5) is 13.7. The van der Waals surface area contributed by atoms with Gasteiger partial charge in [-0.3, -0.25) is 4.79 Å². The molecule has 1 amide bonds. The van der Waals surface area contributed by atoms with Crippen LogP contribution in [0.3, 0.4) is 0 Å². The number of amides is 1. The Morgan fingerprint density at radius 3 is 2.91 bits per heavy atom. The summed E-state index contributed by atoms with van der Waals surface area (Å²) in [5.41, 5.74) is 3.00. The molecule has 1 aliphatic rings. The van der Waals surface area contributed by atoms with Crippen molar-refractivity contribution in [1.82, 2.24) is 5.32 Å². The summed E-state index contributed by atoms with van der Waals surface area (Å²) < 4.78 is 5.28. The molecule has 1 aliphatic heterocycles. The molecular weight excluding hydrogens is 310 g/mol. The van der Waals surface area contributed by atoms with Crippen LogP contribution in [0, 0.1) is 6.92 Å². The minimum absolute atomic E-state index is 0.209. The molecule has 1 saturated heterocycles. The van der Waals surface area contributed by atoms with Crippen molar-refractivity contribution in [2.45, 2.75) is 33.1 Å². The Hall–Kier alpha value is -1.66. The van der Waals surface area contributed by atoms with Crippen molar-refractivity contribution in [3.8, 4) is 0 Å².